The summed E-state index contributed by atoms with van der Waals surface area (Å²) in [6.07, 6.45) is -0.230. The van der Waals surface area contributed by atoms with Crippen molar-refractivity contribution in [3.63, 3.8) is 0 Å². The number of carbonyl (C=O) groups is 2. The molecule has 5 rings (SSSR count). The van der Waals surface area contributed by atoms with Crippen molar-refractivity contribution >= 4 is 27.1 Å². The molecule has 0 spiro atoms. The normalized spacial score (nSPS) is 20.1. The highest BCUT2D eigenvalue weighted by molar-refractivity contribution is 8.05. The van der Waals surface area contributed by atoms with Crippen LogP contribution in [0, 0.1) is 12.8 Å². The lowest BCUT2D eigenvalue weighted by molar-refractivity contribution is -0.118. The number of hydrogen-bond donors (Lipinski definition) is 2. The summed E-state index contributed by atoms with van der Waals surface area (Å²) >= 11 is 0. The Balaban J connectivity index is 1.30. The predicted molar refractivity (Wildman–Crippen MR) is 162 cm³/mol. The number of nitrogens with one attached hydrogen (secondary N) is 2. The van der Waals surface area contributed by atoms with Crippen LogP contribution in [0.4, 0.5) is 4.79 Å². The first-order chi connectivity index (χ1) is 20.3. The second-order valence-electron chi connectivity index (χ2n) is 12.4. The van der Waals surface area contributed by atoms with Gasteiger partial charge in [-0.05, 0) is 63.8 Å². The monoisotopic (exact) mass is 612 g/mol. The van der Waals surface area contributed by atoms with Crippen LogP contribution < -0.4 is 10.0 Å². The molecular formula is C31H40N4O7S. The molecule has 232 valence electrons. The first-order valence-corrected chi connectivity index (χ1v) is 16.0. The highest BCUT2D eigenvalue weighted by atomic mass is 32.2. The number of ether oxygens (including phenoxy) is 3. The minimum Gasteiger partial charge on any atom is -0.453 e. The van der Waals surface area contributed by atoms with E-state index in [0.29, 0.717) is 26.3 Å². The molecule has 12 heteroatoms. The van der Waals surface area contributed by atoms with E-state index in [4.69, 9.17) is 9.47 Å². The Morgan fingerprint density at radius 2 is 1.93 bits per heavy atom. The summed E-state index contributed by atoms with van der Waals surface area (Å²) in [6.45, 7) is 10.6. The molecule has 2 aromatic rings. The summed E-state index contributed by atoms with van der Waals surface area (Å²) in [5.41, 5.74) is 7.04. The number of benzene rings is 2. The molecular weight excluding hydrogens is 572 g/mol. The summed E-state index contributed by atoms with van der Waals surface area (Å²) in [5.74, 6) is -0.715. The van der Waals surface area contributed by atoms with Crippen LogP contribution in [0.15, 0.2) is 35.4 Å². The third-order valence-corrected chi connectivity index (χ3v) is 9.47. The van der Waals surface area contributed by atoms with Gasteiger partial charge in [0.05, 0.1) is 39.8 Å². The predicted octanol–water partition coefficient (Wildman–Crippen LogP) is 3.37. The molecule has 3 aliphatic heterocycles. The standard InChI is InChI=1S/C31H40N4O7S/c1-19-10-23(22-7-6-21-8-9-41-18-24(21)11-22)12-26(31(2,3)4)25(19)13-27(36)34-43(38,39)28-14-29-35(33-28)16-20(17-42-29)15-32-30(37)40-5/h6-7,10-12,20,29H,8-9,13-18H2,1-5H3,(H,32,37)(H,34,36). The number of nitrogens with zero attached hydrogens (tertiary/aromatic N) is 2. The summed E-state index contributed by atoms with van der Waals surface area (Å²) in [5, 5.41) is 8.29. The number of carbonyl (C=O) groups excluding carboxylic acids is 2. The number of fused-ring (bicyclic) bond motifs is 2. The minimum atomic E-state index is -4.18. The van der Waals surface area contributed by atoms with Crippen molar-refractivity contribution < 1.29 is 32.2 Å². The number of amides is 2. The lowest BCUT2D eigenvalue weighted by Crippen LogP contribution is -2.45. The molecule has 2 atom stereocenters. The number of alkyl carbamates (subject to hydrolysis) is 1. The van der Waals surface area contributed by atoms with Crippen molar-refractivity contribution in [1.29, 1.82) is 0 Å². The van der Waals surface area contributed by atoms with Crippen molar-refractivity contribution in [3.05, 3.63) is 58.1 Å². The Bertz CT molecular complexity index is 1550. The smallest absolute Gasteiger partial charge is 0.406 e. The lowest BCUT2D eigenvalue weighted by atomic mass is 9.79. The Kier molecular flexibility index (Phi) is 8.82. The van der Waals surface area contributed by atoms with E-state index >= 15 is 0 Å². The fourth-order valence-corrected chi connectivity index (χ4v) is 6.86. The van der Waals surface area contributed by atoms with Gasteiger partial charge in [-0.1, -0.05) is 45.0 Å². The molecule has 3 heterocycles. The van der Waals surface area contributed by atoms with Crippen molar-refractivity contribution in [3.8, 4) is 11.1 Å². The third-order valence-electron chi connectivity index (χ3n) is 8.10. The van der Waals surface area contributed by atoms with Gasteiger partial charge in [0.25, 0.3) is 10.0 Å². The maximum atomic E-state index is 13.2. The van der Waals surface area contributed by atoms with Crippen LogP contribution in [0.5, 0.6) is 0 Å². The molecule has 0 aromatic heterocycles. The summed E-state index contributed by atoms with van der Waals surface area (Å²) < 4.78 is 44.7. The second-order valence-corrected chi connectivity index (χ2v) is 14.1. The Labute approximate surface area is 253 Å². The molecule has 0 bridgehead atoms. The number of methoxy groups -OCH3 is 1. The Hall–Kier alpha value is -3.48. The van der Waals surface area contributed by atoms with E-state index < -0.39 is 28.3 Å². The molecule has 1 fully saturated rings. The van der Waals surface area contributed by atoms with Crippen LogP contribution in [0.1, 0.15) is 55.0 Å². The molecule has 2 unspecified atom stereocenters. The van der Waals surface area contributed by atoms with Gasteiger partial charge in [-0.2, -0.15) is 13.5 Å². The third kappa shape index (κ3) is 7.02. The zero-order valence-electron chi connectivity index (χ0n) is 25.4. The van der Waals surface area contributed by atoms with Gasteiger partial charge < -0.3 is 19.5 Å². The summed E-state index contributed by atoms with van der Waals surface area (Å²) in [7, 11) is -2.90. The van der Waals surface area contributed by atoms with Crippen molar-refractivity contribution in [2.45, 2.75) is 65.2 Å². The van der Waals surface area contributed by atoms with Crippen LogP contribution in [0.3, 0.4) is 0 Å². The maximum Gasteiger partial charge on any atom is 0.406 e. The molecule has 43 heavy (non-hydrogen) atoms. The van der Waals surface area contributed by atoms with Gasteiger partial charge >= 0.3 is 6.09 Å². The van der Waals surface area contributed by atoms with Crippen LogP contribution in [0.25, 0.3) is 11.1 Å². The van der Waals surface area contributed by atoms with E-state index in [0.717, 1.165) is 40.8 Å². The number of rotatable bonds is 5. The Morgan fingerprint density at radius 3 is 2.67 bits per heavy atom. The van der Waals surface area contributed by atoms with Crippen LogP contribution >= 0.6 is 0 Å². The number of sulfonamides is 1. The molecule has 11 nitrogen and oxygen atoms in total. The quantitative estimate of drug-likeness (QED) is 0.525. The summed E-state index contributed by atoms with van der Waals surface area (Å²) in [4.78, 5) is 24.6. The minimum absolute atomic E-state index is 0.0343. The molecule has 0 radical (unpaired) electrons. The first-order valence-electron chi connectivity index (χ1n) is 14.5. The van der Waals surface area contributed by atoms with Crippen molar-refractivity contribution in [2.75, 3.05) is 33.4 Å². The largest absolute Gasteiger partial charge is 0.453 e. The van der Waals surface area contributed by atoms with Gasteiger partial charge in [0, 0.05) is 19.0 Å². The van der Waals surface area contributed by atoms with Crippen LogP contribution in [-0.4, -0.2) is 70.1 Å². The van der Waals surface area contributed by atoms with Crippen molar-refractivity contribution in [2.24, 2.45) is 11.0 Å². The molecule has 2 N–H and O–H groups in total. The maximum absolute atomic E-state index is 13.2. The van der Waals surface area contributed by atoms with Crippen LogP contribution in [-0.2, 0) is 53.9 Å². The van der Waals surface area contributed by atoms with E-state index in [-0.39, 0.29) is 29.2 Å². The Morgan fingerprint density at radius 1 is 1.14 bits per heavy atom. The fourth-order valence-electron chi connectivity index (χ4n) is 5.80. The van der Waals surface area contributed by atoms with E-state index in [9.17, 15) is 18.0 Å². The molecule has 2 aromatic carbocycles. The molecule has 0 saturated carbocycles. The fraction of sp³-hybridized carbons (Fsp3) is 0.516. The molecule has 3 aliphatic rings. The van der Waals surface area contributed by atoms with Gasteiger partial charge in [-0.3, -0.25) is 9.80 Å². The highest BCUT2D eigenvalue weighted by Gasteiger charge is 2.39. The topological polar surface area (TPSA) is 136 Å². The summed E-state index contributed by atoms with van der Waals surface area (Å²) in [6, 6.07) is 10.6. The highest BCUT2D eigenvalue weighted by Crippen LogP contribution is 2.35. The van der Waals surface area contributed by atoms with E-state index in [1.165, 1.54) is 18.2 Å². The SMILES string of the molecule is COC(=O)NCC1COC2CC(S(=O)(=O)NC(=O)Cc3c(C)cc(-c4ccc5c(c4)COCC5)cc3C(C)(C)C)=NN2C1. The lowest BCUT2D eigenvalue weighted by Gasteiger charge is -2.33. The zero-order chi connectivity index (χ0) is 30.9. The van der Waals surface area contributed by atoms with Gasteiger partial charge in [0.15, 0.2) is 11.3 Å². The zero-order valence-corrected chi connectivity index (χ0v) is 26.2. The van der Waals surface area contributed by atoms with Gasteiger partial charge in [-0.25, -0.2) is 9.52 Å². The number of hydrogen-bond acceptors (Lipinski definition) is 9. The average Bonchev–Trinajstić information content (AvgIpc) is 3.40. The molecule has 2 amide bonds. The van der Waals surface area contributed by atoms with E-state index in [1.807, 2.05) is 6.92 Å². The van der Waals surface area contributed by atoms with E-state index in [2.05, 4.69) is 71.0 Å². The number of hydrazone groups is 1. The second kappa shape index (κ2) is 12.3. The van der Waals surface area contributed by atoms with E-state index in [1.54, 1.807) is 5.01 Å². The number of aryl methyl sites for hydroxylation is 1. The molecule has 0 aliphatic carbocycles. The van der Waals surface area contributed by atoms with Gasteiger partial charge in [0.2, 0.25) is 5.91 Å². The average molecular weight is 613 g/mol. The van der Waals surface area contributed by atoms with Crippen molar-refractivity contribution in [1.82, 2.24) is 15.0 Å². The first kappa shape index (κ1) is 31.0. The molecule has 1 saturated heterocycles. The van der Waals surface area contributed by atoms with Gasteiger partial charge in [0.1, 0.15) is 0 Å². The van der Waals surface area contributed by atoms with Gasteiger partial charge in [-0.15, -0.1) is 0 Å². The van der Waals surface area contributed by atoms with Crippen LogP contribution in [0.2, 0.25) is 0 Å².